The fraction of sp³-hybridized carbons (Fsp3) is 0.125. The zero-order valence-electron chi connectivity index (χ0n) is 7.28. The quantitative estimate of drug-likeness (QED) is 0.783. The van der Waals surface area contributed by atoms with E-state index in [0.29, 0.717) is 0 Å². The fourth-order valence-corrected chi connectivity index (χ4v) is 1.63. The largest absolute Gasteiger partial charge is 0.240 e. The summed E-state index contributed by atoms with van der Waals surface area (Å²) in [5.41, 5.74) is -0.290. The third-order valence-electron chi connectivity index (χ3n) is 1.64. The molecule has 0 radical (unpaired) electrons. The Morgan fingerprint density at radius 2 is 2.14 bits per heavy atom. The van der Waals surface area contributed by atoms with Gasteiger partial charge in [-0.05, 0) is 25.2 Å². The molecule has 1 aromatic rings. The lowest BCUT2D eigenvalue weighted by molar-refractivity contribution is 0.587. The van der Waals surface area contributed by atoms with Crippen molar-refractivity contribution in [3.8, 4) is 6.07 Å². The Bertz CT molecular complexity index is 491. The zero-order chi connectivity index (χ0) is 10.8. The van der Waals surface area contributed by atoms with Crippen LogP contribution in [-0.4, -0.2) is 15.5 Å². The number of rotatable bonds is 2. The molecule has 0 aromatic heterocycles. The summed E-state index contributed by atoms with van der Waals surface area (Å²) >= 11 is 0. The molecule has 0 heterocycles. The topological polar surface area (TPSA) is 70.0 Å². The summed E-state index contributed by atoms with van der Waals surface area (Å²) in [5.74, 6) is -0.734. The predicted molar refractivity (Wildman–Crippen MR) is 47.4 cm³/mol. The zero-order valence-corrected chi connectivity index (χ0v) is 8.10. The third-order valence-corrected chi connectivity index (χ3v) is 3.05. The van der Waals surface area contributed by atoms with Crippen LogP contribution in [0, 0.1) is 17.1 Å². The Morgan fingerprint density at radius 1 is 1.50 bits per heavy atom. The van der Waals surface area contributed by atoms with Gasteiger partial charge in [0.25, 0.3) is 0 Å². The SMILES string of the molecule is CNS(=O)(=O)c1ccc(F)c(C#N)c1. The summed E-state index contributed by atoms with van der Waals surface area (Å²) in [7, 11) is -2.37. The van der Waals surface area contributed by atoms with Crippen molar-refractivity contribution in [1.82, 2.24) is 4.72 Å². The van der Waals surface area contributed by atoms with Crippen molar-refractivity contribution in [2.24, 2.45) is 0 Å². The van der Waals surface area contributed by atoms with Gasteiger partial charge < -0.3 is 0 Å². The van der Waals surface area contributed by atoms with Gasteiger partial charge in [0.2, 0.25) is 10.0 Å². The average Bonchev–Trinajstić information content (AvgIpc) is 2.18. The van der Waals surface area contributed by atoms with Gasteiger partial charge in [-0.15, -0.1) is 0 Å². The van der Waals surface area contributed by atoms with Crippen molar-refractivity contribution in [3.05, 3.63) is 29.6 Å². The lowest BCUT2D eigenvalue weighted by Gasteiger charge is -2.02. The molecule has 0 saturated carbocycles. The van der Waals surface area contributed by atoms with Gasteiger partial charge in [0, 0.05) is 0 Å². The van der Waals surface area contributed by atoms with E-state index in [9.17, 15) is 12.8 Å². The molecule has 0 bridgehead atoms. The van der Waals surface area contributed by atoms with E-state index in [1.54, 1.807) is 6.07 Å². The van der Waals surface area contributed by atoms with Crippen LogP contribution < -0.4 is 4.72 Å². The molecule has 0 spiro atoms. The van der Waals surface area contributed by atoms with E-state index in [0.717, 1.165) is 18.2 Å². The molecule has 4 nitrogen and oxygen atoms in total. The summed E-state index contributed by atoms with van der Waals surface area (Å²) in [6.07, 6.45) is 0. The number of hydrogen-bond donors (Lipinski definition) is 1. The minimum absolute atomic E-state index is 0.127. The summed E-state index contributed by atoms with van der Waals surface area (Å²) in [6, 6.07) is 4.60. The van der Waals surface area contributed by atoms with Gasteiger partial charge >= 0.3 is 0 Å². The van der Waals surface area contributed by atoms with E-state index in [1.165, 1.54) is 7.05 Å². The number of halogens is 1. The minimum Gasteiger partial charge on any atom is -0.214 e. The maximum absolute atomic E-state index is 12.8. The van der Waals surface area contributed by atoms with Gasteiger partial charge in [0.05, 0.1) is 10.5 Å². The van der Waals surface area contributed by atoms with Crippen molar-refractivity contribution in [1.29, 1.82) is 5.26 Å². The summed E-state index contributed by atoms with van der Waals surface area (Å²) in [4.78, 5) is -0.127. The molecule has 14 heavy (non-hydrogen) atoms. The van der Waals surface area contributed by atoms with Crippen molar-refractivity contribution >= 4 is 10.0 Å². The number of hydrogen-bond acceptors (Lipinski definition) is 3. The highest BCUT2D eigenvalue weighted by Gasteiger charge is 2.13. The van der Waals surface area contributed by atoms with Crippen LogP contribution in [0.4, 0.5) is 4.39 Å². The molecule has 1 aromatic carbocycles. The second-order valence-corrected chi connectivity index (χ2v) is 4.35. The van der Waals surface area contributed by atoms with Crippen molar-refractivity contribution in [2.45, 2.75) is 4.90 Å². The normalized spacial score (nSPS) is 10.9. The van der Waals surface area contributed by atoms with Crippen LogP contribution in [0.25, 0.3) is 0 Å². The highest BCUT2D eigenvalue weighted by molar-refractivity contribution is 7.89. The van der Waals surface area contributed by atoms with Gasteiger partial charge in [-0.1, -0.05) is 0 Å². The summed E-state index contributed by atoms with van der Waals surface area (Å²) < 4.78 is 37.4. The van der Waals surface area contributed by atoms with Crippen LogP contribution in [0.1, 0.15) is 5.56 Å². The summed E-state index contributed by atoms with van der Waals surface area (Å²) in [5, 5.41) is 8.48. The Hall–Kier alpha value is -1.45. The monoisotopic (exact) mass is 214 g/mol. The second kappa shape index (κ2) is 3.74. The number of sulfonamides is 1. The lowest BCUT2D eigenvalue weighted by Crippen LogP contribution is -2.18. The molecule has 0 unspecified atom stereocenters. The molecule has 6 heteroatoms. The molecule has 0 aliphatic heterocycles. The fourth-order valence-electron chi connectivity index (χ4n) is 0.875. The number of nitrogens with zero attached hydrogens (tertiary/aromatic N) is 1. The smallest absolute Gasteiger partial charge is 0.214 e. The molecule has 0 aliphatic carbocycles. The Balaban J connectivity index is 3.36. The van der Waals surface area contributed by atoms with E-state index in [4.69, 9.17) is 5.26 Å². The number of nitriles is 1. The Labute approximate surface area is 81.0 Å². The molecule has 1 N–H and O–H groups in total. The lowest BCUT2D eigenvalue weighted by atomic mass is 10.2. The van der Waals surface area contributed by atoms with Crippen molar-refractivity contribution in [3.63, 3.8) is 0 Å². The first-order valence-corrected chi connectivity index (χ1v) is 5.13. The molecule has 0 amide bonds. The first-order chi connectivity index (χ1) is 6.51. The van der Waals surface area contributed by atoms with Gasteiger partial charge in [-0.2, -0.15) is 5.26 Å². The Morgan fingerprint density at radius 3 is 2.64 bits per heavy atom. The van der Waals surface area contributed by atoms with Crippen LogP contribution in [0.5, 0.6) is 0 Å². The summed E-state index contributed by atoms with van der Waals surface area (Å²) in [6.45, 7) is 0. The van der Waals surface area contributed by atoms with Crippen LogP contribution in [0.2, 0.25) is 0 Å². The van der Waals surface area contributed by atoms with Crippen LogP contribution >= 0.6 is 0 Å². The van der Waals surface area contributed by atoms with E-state index in [1.807, 2.05) is 0 Å². The third kappa shape index (κ3) is 1.89. The van der Waals surface area contributed by atoms with Gasteiger partial charge in [0.1, 0.15) is 11.9 Å². The Kier molecular flexibility index (Phi) is 2.84. The highest BCUT2D eigenvalue weighted by atomic mass is 32.2. The standard InChI is InChI=1S/C8H7FN2O2S/c1-11-14(12,13)7-2-3-8(9)6(4-7)5-10/h2-4,11H,1H3. The average molecular weight is 214 g/mol. The minimum atomic E-state index is -3.62. The molecule has 0 saturated heterocycles. The van der Waals surface area contributed by atoms with E-state index in [-0.39, 0.29) is 10.5 Å². The van der Waals surface area contributed by atoms with Crippen molar-refractivity contribution < 1.29 is 12.8 Å². The van der Waals surface area contributed by atoms with Crippen LogP contribution in [0.15, 0.2) is 23.1 Å². The highest BCUT2D eigenvalue weighted by Crippen LogP contribution is 2.13. The van der Waals surface area contributed by atoms with Gasteiger partial charge in [-0.25, -0.2) is 17.5 Å². The van der Waals surface area contributed by atoms with E-state index < -0.39 is 15.8 Å². The maximum atomic E-state index is 12.8. The molecular weight excluding hydrogens is 207 g/mol. The molecule has 74 valence electrons. The van der Waals surface area contributed by atoms with Crippen LogP contribution in [0.3, 0.4) is 0 Å². The van der Waals surface area contributed by atoms with Gasteiger partial charge in [0.15, 0.2) is 0 Å². The number of benzene rings is 1. The van der Waals surface area contributed by atoms with E-state index >= 15 is 0 Å². The first kappa shape index (κ1) is 10.6. The van der Waals surface area contributed by atoms with Gasteiger partial charge in [-0.3, -0.25) is 0 Å². The molecule has 0 fully saturated rings. The molecular formula is C8H7FN2O2S. The first-order valence-electron chi connectivity index (χ1n) is 3.64. The molecule has 0 aliphatic rings. The number of nitrogens with one attached hydrogen (secondary N) is 1. The molecule has 0 atom stereocenters. The predicted octanol–water partition coefficient (Wildman–Crippen LogP) is 0.605. The van der Waals surface area contributed by atoms with Crippen molar-refractivity contribution in [2.75, 3.05) is 7.05 Å². The second-order valence-electron chi connectivity index (χ2n) is 2.46. The molecule has 1 rings (SSSR count). The maximum Gasteiger partial charge on any atom is 0.240 e. The van der Waals surface area contributed by atoms with E-state index in [2.05, 4.69) is 4.72 Å². The van der Waals surface area contributed by atoms with Crippen LogP contribution in [-0.2, 0) is 10.0 Å².